The smallest absolute Gasteiger partial charge is 0.155 e. The number of aliphatic hydroxyl groups is 1. The van der Waals surface area contributed by atoms with Gasteiger partial charge >= 0.3 is 0 Å². The van der Waals surface area contributed by atoms with Crippen molar-refractivity contribution in [1.82, 2.24) is 4.68 Å². The first-order valence-electron chi connectivity index (χ1n) is 4.35. The van der Waals surface area contributed by atoms with Crippen molar-refractivity contribution in [3.63, 3.8) is 0 Å². The van der Waals surface area contributed by atoms with E-state index in [0.717, 1.165) is 0 Å². The molecule has 5 nitrogen and oxygen atoms in total. The average Bonchev–Trinajstić information content (AvgIpc) is 2.61. The number of hydrogen-bond acceptors (Lipinski definition) is 4. The summed E-state index contributed by atoms with van der Waals surface area (Å²) in [5.74, 6) is -0.154. The highest BCUT2D eigenvalue weighted by atomic mass is 32.2. The molecule has 1 aliphatic rings. The van der Waals surface area contributed by atoms with Crippen molar-refractivity contribution < 1.29 is 13.5 Å². The highest BCUT2D eigenvalue weighted by Gasteiger charge is 2.36. The van der Waals surface area contributed by atoms with E-state index in [-0.39, 0.29) is 11.5 Å². The van der Waals surface area contributed by atoms with E-state index in [0.29, 0.717) is 0 Å². The summed E-state index contributed by atoms with van der Waals surface area (Å²) in [4.78, 5) is 0. The Morgan fingerprint density at radius 1 is 1.29 bits per heavy atom. The van der Waals surface area contributed by atoms with Gasteiger partial charge in [0.15, 0.2) is 9.84 Å². The number of nitrogens with one attached hydrogen (secondary N) is 1. The van der Waals surface area contributed by atoms with Crippen LogP contribution in [0.2, 0.25) is 0 Å². The quantitative estimate of drug-likeness (QED) is 0.678. The monoisotopic (exact) mass is 216 g/mol. The fourth-order valence-electron chi connectivity index (χ4n) is 1.56. The number of aromatic nitrogens is 1. The summed E-state index contributed by atoms with van der Waals surface area (Å²) >= 11 is 0. The third kappa shape index (κ3) is 1.91. The van der Waals surface area contributed by atoms with Gasteiger partial charge in [0.05, 0.1) is 23.7 Å². The third-order valence-corrected chi connectivity index (χ3v) is 3.96. The van der Waals surface area contributed by atoms with Gasteiger partial charge in [-0.2, -0.15) is 0 Å². The van der Waals surface area contributed by atoms with Crippen LogP contribution in [0.3, 0.4) is 0 Å². The molecule has 0 aromatic carbocycles. The Balaban J connectivity index is 2.07. The minimum atomic E-state index is -3.07. The fraction of sp³-hybridized carbons (Fsp3) is 0.500. The van der Waals surface area contributed by atoms with Crippen LogP contribution in [0, 0.1) is 0 Å². The highest BCUT2D eigenvalue weighted by molar-refractivity contribution is 7.91. The maximum absolute atomic E-state index is 11.2. The van der Waals surface area contributed by atoms with E-state index < -0.39 is 22.0 Å². The molecule has 1 fully saturated rings. The highest BCUT2D eigenvalue weighted by Crippen LogP contribution is 2.13. The van der Waals surface area contributed by atoms with Crippen molar-refractivity contribution in [2.45, 2.75) is 12.1 Å². The summed E-state index contributed by atoms with van der Waals surface area (Å²) in [6.45, 7) is 0. The second-order valence-corrected chi connectivity index (χ2v) is 5.62. The number of nitrogens with zero attached hydrogens (tertiary/aromatic N) is 1. The number of rotatable bonds is 2. The Labute approximate surface area is 82.2 Å². The largest absolute Gasteiger partial charge is 0.390 e. The lowest BCUT2D eigenvalue weighted by Gasteiger charge is -2.16. The van der Waals surface area contributed by atoms with Gasteiger partial charge in [-0.1, -0.05) is 0 Å². The normalized spacial score (nSPS) is 30.4. The van der Waals surface area contributed by atoms with Gasteiger partial charge in [0.25, 0.3) is 0 Å². The van der Waals surface area contributed by atoms with Crippen LogP contribution in [0.15, 0.2) is 24.5 Å². The van der Waals surface area contributed by atoms with Gasteiger partial charge in [-0.3, -0.25) is 4.68 Å². The molecule has 1 aromatic rings. The van der Waals surface area contributed by atoms with E-state index in [1.54, 1.807) is 17.1 Å². The van der Waals surface area contributed by atoms with Crippen LogP contribution < -0.4 is 5.43 Å². The van der Waals surface area contributed by atoms with Gasteiger partial charge < -0.3 is 10.5 Å². The second-order valence-electron chi connectivity index (χ2n) is 3.47. The fourth-order valence-corrected chi connectivity index (χ4v) is 3.30. The Hall–Kier alpha value is -1.01. The minimum absolute atomic E-state index is 0.00759. The van der Waals surface area contributed by atoms with Crippen molar-refractivity contribution in [1.29, 1.82) is 0 Å². The average molecular weight is 216 g/mol. The minimum Gasteiger partial charge on any atom is -0.390 e. The van der Waals surface area contributed by atoms with E-state index in [4.69, 9.17) is 0 Å². The van der Waals surface area contributed by atoms with Gasteiger partial charge in [-0.05, 0) is 12.1 Å². The molecular weight excluding hydrogens is 204 g/mol. The predicted octanol–water partition coefficient (Wildman–Crippen LogP) is -0.811. The van der Waals surface area contributed by atoms with Gasteiger partial charge in [0.1, 0.15) is 0 Å². The van der Waals surface area contributed by atoms with Crippen LogP contribution in [0.25, 0.3) is 0 Å². The van der Waals surface area contributed by atoms with Crippen LogP contribution >= 0.6 is 0 Å². The van der Waals surface area contributed by atoms with Crippen molar-refractivity contribution in [2.24, 2.45) is 0 Å². The van der Waals surface area contributed by atoms with Gasteiger partial charge in [-0.15, -0.1) is 0 Å². The summed E-state index contributed by atoms with van der Waals surface area (Å²) in [7, 11) is -3.07. The van der Waals surface area contributed by atoms with Crippen molar-refractivity contribution >= 4 is 9.84 Å². The van der Waals surface area contributed by atoms with E-state index in [1.807, 2.05) is 12.1 Å². The summed E-state index contributed by atoms with van der Waals surface area (Å²) in [6, 6.07) is 3.23. The summed E-state index contributed by atoms with van der Waals surface area (Å²) < 4.78 is 24.0. The van der Waals surface area contributed by atoms with Gasteiger partial charge in [0, 0.05) is 12.4 Å². The molecule has 0 aliphatic carbocycles. The molecule has 0 bridgehead atoms. The van der Waals surface area contributed by atoms with Crippen LogP contribution in [-0.2, 0) is 9.84 Å². The third-order valence-electron chi connectivity index (χ3n) is 2.24. The van der Waals surface area contributed by atoms with Gasteiger partial charge in [-0.25, -0.2) is 8.42 Å². The molecule has 2 unspecified atom stereocenters. The summed E-state index contributed by atoms with van der Waals surface area (Å²) in [5, 5.41) is 9.47. The molecule has 2 heterocycles. The Morgan fingerprint density at radius 2 is 1.93 bits per heavy atom. The van der Waals surface area contributed by atoms with E-state index in [2.05, 4.69) is 5.43 Å². The Morgan fingerprint density at radius 3 is 2.43 bits per heavy atom. The van der Waals surface area contributed by atoms with E-state index in [9.17, 15) is 13.5 Å². The first-order valence-corrected chi connectivity index (χ1v) is 6.17. The lowest BCUT2D eigenvalue weighted by atomic mass is 10.2. The lowest BCUT2D eigenvalue weighted by Crippen LogP contribution is -2.36. The summed E-state index contributed by atoms with van der Waals surface area (Å²) in [6.07, 6.45) is 2.71. The SMILES string of the molecule is O=S1(=O)CC(O)C(Nn2cccc2)C1. The molecule has 78 valence electrons. The zero-order valence-corrected chi connectivity index (χ0v) is 8.31. The van der Waals surface area contributed by atoms with E-state index >= 15 is 0 Å². The molecule has 0 radical (unpaired) electrons. The standard InChI is InChI=1S/C8H12N2O3S/c11-8-6-14(12,13)5-7(8)9-10-3-1-2-4-10/h1-4,7-9,11H,5-6H2. The molecule has 0 amide bonds. The van der Waals surface area contributed by atoms with Crippen LogP contribution in [0.5, 0.6) is 0 Å². The Bertz CT molecular complexity index is 398. The number of hydrogen-bond donors (Lipinski definition) is 2. The number of sulfone groups is 1. The second kappa shape index (κ2) is 3.29. The Kier molecular flexibility index (Phi) is 2.24. The lowest BCUT2D eigenvalue weighted by molar-refractivity contribution is 0.185. The van der Waals surface area contributed by atoms with Crippen molar-refractivity contribution in [2.75, 3.05) is 16.9 Å². The van der Waals surface area contributed by atoms with Crippen molar-refractivity contribution in [3.05, 3.63) is 24.5 Å². The summed E-state index contributed by atoms with van der Waals surface area (Å²) in [5.41, 5.74) is 2.91. The molecule has 1 saturated heterocycles. The zero-order chi connectivity index (χ0) is 10.2. The maximum atomic E-state index is 11.2. The molecule has 2 atom stereocenters. The van der Waals surface area contributed by atoms with Crippen LogP contribution in [-0.4, -0.2) is 41.9 Å². The molecule has 0 spiro atoms. The topological polar surface area (TPSA) is 71.3 Å². The molecule has 2 N–H and O–H groups in total. The van der Waals surface area contributed by atoms with Gasteiger partial charge in [0.2, 0.25) is 0 Å². The first kappa shape index (κ1) is 9.54. The number of aliphatic hydroxyl groups excluding tert-OH is 1. The molecular formula is C8H12N2O3S. The molecule has 2 rings (SSSR count). The molecule has 0 saturated carbocycles. The van der Waals surface area contributed by atoms with Crippen LogP contribution in [0.4, 0.5) is 0 Å². The molecule has 14 heavy (non-hydrogen) atoms. The van der Waals surface area contributed by atoms with Crippen molar-refractivity contribution in [3.8, 4) is 0 Å². The zero-order valence-electron chi connectivity index (χ0n) is 7.50. The van der Waals surface area contributed by atoms with Crippen LogP contribution in [0.1, 0.15) is 0 Å². The van der Waals surface area contributed by atoms with E-state index in [1.165, 1.54) is 0 Å². The predicted molar refractivity (Wildman–Crippen MR) is 52.2 cm³/mol. The first-order chi connectivity index (χ1) is 6.57. The maximum Gasteiger partial charge on any atom is 0.155 e. The molecule has 1 aromatic heterocycles. The molecule has 6 heteroatoms. The molecule has 1 aliphatic heterocycles.